The summed E-state index contributed by atoms with van der Waals surface area (Å²) in [7, 11) is 0. The predicted octanol–water partition coefficient (Wildman–Crippen LogP) is 3.59. The Bertz CT molecular complexity index is 502. The molecule has 0 spiro atoms. The highest BCUT2D eigenvalue weighted by atomic mass is 16.2. The first-order chi connectivity index (χ1) is 9.72. The van der Waals surface area contributed by atoms with E-state index in [0.717, 1.165) is 37.2 Å². The first-order valence-corrected chi connectivity index (χ1v) is 7.88. The number of likely N-dealkylation sites (tertiary alicyclic amines) is 1. The van der Waals surface area contributed by atoms with Crippen LogP contribution in [0.25, 0.3) is 0 Å². The number of nitrogens with two attached hydrogens (primary N) is 1. The minimum absolute atomic E-state index is 0.227. The summed E-state index contributed by atoms with van der Waals surface area (Å²) in [6.45, 7) is 10.4. The summed E-state index contributed by atoms with van der Waals surface area (Å²) < 4.78 is 0. The Hall–Kier alpha value is -1.51. The molecule has 2 rings (SSSR count). The van der Waals surface area contributed by atoms with E-state index in [0.29, 0.717) is 5.41 Å². The minimum atomic E-state index is -0.498. The second-order valence-corrected chi connectivity index (χ2v) is 7.56. The number of hydrogen-bond donors (Lipinski definition) is 1. The third-order valence-corrected chi connectivity index (χ3v) is 4.79. The molecule has 3 nitrogen and oxygen atoms in total. The number of hydrogen-bond acceptors (Lipinski definition) is 2. The van der Waals surface area contributed by atoms with Gasteiger partial charge < -0.3 is 10.6 Å². The van der Waals surface area contributed by atoms with Crippen LogP contribution in [0.15, 0.2) is 24.3 Å². The Kier molecular flexibility index (Phi) is 4.31. The summed E-state index contributed by atoms with van der Waals surface area (Å²) in [5, 5.41) is 0. The van der Waals surface area contributed by atoms with E-state index in [4.69, 9.17) is 5.73 Å². The standard InChI is InChI=1S/C18H28N2O/c1-17(2)10-5-12-20(13-11-17)16(21)18(3,4)14-6-8-15(19)9-7-14/h6-9H,5,10-13,19H2,1-4H3. The van der Waals surface area contributed by atoms with Crippen molar-refractivity contribution in [3.05, 3.63) is 29.8 Å². The third-order valence-electron chi connectivity index (χ3n) is 4.79. The number of nitrogens with zero attached hydrogens (tertiary/aromatic N) is 1. The first kappa shape index (κ1) is 15.9. The molecule has 1 aromatic carbocycles. The average molecular weight is 288 g/mol. The molecule has 1 fully saturated rings. The molecule has 1 amide bonds. The largest absolute Gasteiger partial charge is 0.399 e. The highest BCUT2D eigenvalue weighted by Gasteiger charge is 2.35. The maximum atomic E-state index is 13.0. The Balaban J connectivity index is 2.16. The van der Waals surface area contributed by atoms with Gasteiger partial charge in [0.25, 0.3) is 0 Å². The van der Waals surface area contributed by atoms with Crippen molar-refractivity contribution in [1.29, 1.82) is 0 Å². The zero-order chi connectivity index (χ0) is 15.7. The molecule has 21 heavy (non-hydrogen) atoms. The average Bonchev–Trinajstić information content (AvgIpc) is 2.59. The number of rotatable bonds is 2. The van der Waals surface area contributed by atoms with E-state index in [-0.39, 0.29) is 5.91 Å². The van der Waals surface area contributed by atoms with Crippen LogP contribution in [0.1, 0.15) is 52.5 Å². The second-order valence-electron chi connectivity index (χ2n) is 7.56. The van der Waals surface area contributed by atoms with E-state index >= 15 is 0 Å². The van der Waals surface area contributed by atoms with E-state index in [1.807, 2.05) is 43.0 Å². The summed E-state index contributed by atoms with van der Waals surface area (Å²) >= 11 is 0. The van der Waals surface area contributed by atoms with E-state index in [2.05, 4.69) is 13.8 Å². The van der Waals surface area contributed by atoms with Gasteiger partial charge in [-0.2, -0.15) is 0 Å². The van der Waals surface area contributed by atoms with Gasteiger partial charge >= 0.3 is 0 Å². The minimum Gasteiger partial charge on any atom is -0.399 e. The van der Waals surface area contributed by atoms with Crippen molar-refractivity contribution in [3.8, 4) is 0 Å². The van der Waals surface area contributed by atoms with Crippen LogP contribution < -0.4 is 5.73 Å². The molecule has 0 atom stereocenters. The Labute approximate surface area is 128 Å². The van der Waals surface area contributed by atoms with Crippen LogP contribution in [0.5, 0.6) is 0 Å². The molecule has 0 aliphatic carbocycles. The molecule has 1 saturated heterocycles. The first-order valence-electron chi connectivity index (χ1n) is 7.88. The van der Waals surface area contributed by atoms with Gasteiger partial charge in [0.2, 0.25) is 5.91 Å². The molecule has 1 aromatic rings. The van der Waals surface area contributed by atoms with E-state index in [1.165, 1.54) is 6.42 Å². The van der Waals surface area contributed by atoms with E-state index in [9.17, 15) is 4.79 Å². The maximum Gasteiger partial charge on any atom is 0.232 e. The van der Waals surface area contributed by atoms with Gasteiger partial charge in [-0.3, -0.25) is 4.79 Å². The SMILES string of the molecule is CC1(C)CCCN(C(=O)C(C)(C)c2ccc(N)cc2)CC1. The third kappa shape index (κ3) is 3.58. The van der Waals surface area contributed by atoms with Crippen molar-refractivity contribution in [1.82, 2.24) is 4.90 Å². The van der Waals surface area contributed by atoms with Crippen LogP contribution in [0.3, 0.4) is 0 Å². The Morgan fingerprint density at radius 2 is 1.76 bits per heavy atom. The number of carbonyl (C=O) groups excluding carboxylic acids is 1. The Morgan fingerprint density at radius 1 is 1.14 bits per heavy atom. The molecule has 0 bridgehead atoms. The van der Waals surface area contributed by atoms with Crippen molar-refractivity contribution in [2.75, 3.05) is 18.8 Å². The fraction of sp³-hybridized carbons (Fsp3) is 0.611. The van der Waals surface area contributed by atoms with Crippen LogP contribution >= 0.6 is 0 Å². The number of amides is 1. The van der Waals surface area contributed by atoms with Crippen molar-refractivity contribution in [2.24, 2.45) is 5.41 Å². The number of nitrogen functional groups attached to an aromatic ring is 1. The molecular weight excluding hydrogens is 260 g/mol. The number of carbonyl (C=O) groups is 1. The zero-order valence-corrected chi connectivity index (χ0v) is 13.8. The molecule has 0 saturated carbocycles. The van der Waals surface area contributed by atoms with Gasteiger partial charge in [-0.05, 0) is 56.2 Å². The molecule has 0 radical (unpaired) electrons. The van der Waals surface area contributed by atoms with Gasteiger partial charge in [0.15, 0.2) is 0 Å². The van der Waals surface area contributed by atoms with Gasteiger partial charge in [-0.25, -0.2) is 0 Å². The lowest BCUT2D eigenvalue weighted by Gasteiger charge is -2.32. The van der Waals surface area contributed by atoms with Crippen LogP contribution in [0.2, 0.25) is 0 Å². The van der Waals surface area contributed by atoms with Gasteiger partial charge in [-0.1, -0.05) is 26.0 Å². The predicted molar refractivity (Wildman–Crippen MR) is 88.1 cm³/mol. The normalized spacial score (nSPS) is 19.1. The van der Waals surface area contributed by atoms with Gasteiger partial charge in [0.1, 0.15) is 0 Å². The van der Waals surface area contributed by atoms with Gasteiger partial charge in [0, 0.05) is 18.8 Å². The molecule has 3 heteroatoms. The highest BCUT2D eigenvalue weighted by Crippen LogP contribution is 2.32. The van der Waals surface area contributed by atoms with Crippen LogP contribution in [0, 0.1) is 5.41 Å². The maximum absolute atomic E-state index is 13.0. The van der Waals surface area contributed by atoms with Crippen LogP contribution in [0.4, 0.5) is 5.69 Å². The molecule has 1 aliphatic rings. The lowest BCUT2D eigenvalue weighted by atomic mass is 9.83. The molecule has 0 aromatic heterocycles. The number of benzene rings is 1. The summed E-state index contributed by atoms with van der Waals surface area (Å²) in [6, 6.07) is 7.68. The summed E-state index contributed by atoms with van der Waals surface area (Å²) in [5.41, 5.74) is 7.36. The van der Waals surface area contributed by atoms with Crippen molar-refractivity contribution < 1.29 is 4.79 Å². The quantitative estimate of drug-likeness (QED) is 0.845. The monoisotopic (exact) mass is 288 g/mol. The fourth-order valence-electron chi connectivity index (χ4n) is 3.04. The van der Waals surface area contributed by atoms with E-state index in [1.54, 1.807) is 0 Å². The Morgan fingerprint density at radius 3 is 2.38 bits per heavy atom. The highest BCUT2D eigenvalue weighted by molar-refractivity contribution is 5.87. The smallest absolute Gasteiger partial charge is 0.232 e. The number of anilines is 1. The topological polar surface area (TPSA) is 46.3 Å². The molecule has 0 unspecified atom stereocenters. The zero-order valence-electron chi connectivity index (χ0n) is 13.8. The van der Waals surface area contributed by atoms with Crippen molar-refractivity contribution in [3.63, 3.8) is 0 Å². The lowest BCUT2D eigenvalue weighted by molar-refractivity contribution is -0.136. The van der Waals surface area contributed by atoms with Crippen molar-refractivity contribution >= 4 is 11.6 Å². The van der Waals surface area contributed by atoms with Crippen molar-refractivity contribution in [2.45, 2.75) is 52.4 Å². The molecular formula is C18H28N2O. The summed E-state index contributed by atoms with van der Waals surface area (Å²) in [6.07, 6.45) is 3.37. The fourth-order valence-corrected chi connectivity index (χ4v) is 3.04. The molecule has 1 heterocycles. The summed E-state index contributed by atoms with van der Waals surface area (Å²) in [4.78, 5) is 15.0. The molecule has 1 aliphatic heterocycles. The summed E-state index contributed by atoms with van der Waals surface area (Å²) in [5.74, 6) is 0.227. The lowest BCUT2D eigenvalue weighted by Crippen LogP contribution is -2.44. The van der Waals surface area contributed by atoms with Gasteiger partial charge in [-0.15, -0.1) is 0 Å². The van der Waals surface area contributed by atoms with Crippen LogP contribution in [-0.2, 0) is 10.2 Å². The molecule has 2 N–H and O–H groups in total. The molecule has 116 valence electrons. The van der Waals surface area contributed by atoms with Gasteiger partial charge in [0.05, 0.1) is 5.41 Å². The van der Waals surface area contributed by atoms with Crippen LogP contribution in [-0.4, -0.2) is 23.9 Å². The van der Waals surface area contributed by atoms with E-state index < -0.39 is 5.41 Å². The second kappa shape index (κ2) is 5.70.